The van der Waals surface area contributed by atoms with E-state index in [0.29, 0.717) is 31.1 Å². The van der Waals surface area contributed by atoms with E-state index in [1.807, 2.05) is 0 Å². The Morgan fingerprint density at radius 3 is 1.38 bits per heavy atom. The van der Waals surface area contributed by atoms with Gasteiger partial charge in [0.2, 0.25) is 22.1 Å². The lowest BCUT2D eigenvalue weighted by molar-refractivity contribution is -0.782. The zero-order valence-corrected chi connectivity index (χ0v) is 14.3. The van der Waals surface area contributed by atoms with Crippen molar-refractivity contribution in [1.29, 1.82) is 0 Å². The predicted octanol–water partition coefficient (Wildman–Crippen LogP) is 3.54. The van der Waals surface area contributed by atoms with Gasteiger partial charge in [-0.25, -0.2) is 0 Å². The van der Waals surface area contributed by atoms with E-state index in [1.54, 1.807) is 0 Å². The van der Waals surface area contributed by atoms with Gasteiger partial charge in [0.25, 0.3) is 0 Å². The summed E-state index contributed by atoms with van der Waals surface area (Å²) in [5.41, 5.74) is 1.31. The molecule has 0 atom stereocenters. The first-order valence-electron chi connectivity index (χ1n) is 6.06. The number of halogens is 4. The number of hydrogen-bond acceptors (Lipinski definition) is 6. The first-order chi connectivity index (χ1) is 11.4. The minimum absolute atomic E-state index is 0.268. The van der Waals surface area contributed by atoms with Crippen molar-refractivity contribution in [1.82, 2.24) is 10.3 Å². The second kappa shape index (κ2) is 6.48. The molecular weight excluding hydrogens is 406 g/mol. The molecule has 2 heterocycles. The van der Waals surface area contributed by atoms with Crippen LogP contribution in [0.4, 0.5) is 0 Å². The van der Waals surface area contributed by atoms with Crippen molar-refractivity contribution in [2.75, 3.05) is 0 Å². The van der Waals surface area contributed by atoms with Crippen molar-refractivity contribution in [3.63, 3.8) is 0 Å². The summed E-state index contributed by atoms with van der Waals surface area (Å²) >= 11 is 22.7. The first kappa shape index (κ1) is 16.8. The van der Waals surface area contributed by atoms with Crippen LogP contribution in [-0.4, -0.2) is 10.3 Å². The predicted molar refractivity (Wildman–Crippen MR) is 86.0 cm³/mol. The van der Waals surface area contributed by atoms with Crippen LogP contribution in [0.1, 0.15) is 0 Å². The highest BCUT2D eigenvalue weighted by Gasteiger charge is 2.12. The second-order valence-electron chi connectivity index (χ2n) is 4.37. The van der Waals surface area contributed by atoms with Gasteiger partial charge in [0.05, 0.1) is 20.1 Å². The van der Waals surface area contributed by atoms with Gasteiger partial charge in [-0.3, -0.25) is 9.26 Å². The fraction of sp³-hybridized carbons (Fsp3) is 0. The molecule has 2 aromatic heterocycles. The molecule has 0 fully saturated rings. The molecule has 0 spiro atoms. The van der Waals surface area contributed by atoms with E-state index >= 15 is 0 Å². The largest absolute Gasteiger partial charge is 0.359 e. The van der Waals surface area contributed by atoms with Crippen LogP contribution in [0.25, 0.3) is 22.1 Å². The van der Waals surface area contributed by atoms with Crippen molar-refractivity contribution in [3.8, 4) is 0 Å². The molecule has 0 bridgehead atoms. The Balaban J connectivity index is 0.000000141. The Morgan fingerprint density at radius 2 is 1.00 bits per heavy atom. The van der Waals surface area contributed by atoms with E-state index in [-0.39, 0.29) is 20.8 Å². The van der Waals surface area contributed by atoms with Crippen LogP contribution in [0.3, 0.4) is 0 Å². The highest BCUT2D eigenvalue weighted by atomic mass is 35.5. The van der Waals surface area contributed by atoms with Crippen LogP contribution in [-0.2, 0) is 0 Å². The lowest BCUT2D eigenvalue weighted by Gasteiger charge is -1.90. The quantitative estimate of drug-likeness (QED) is 0.411. The highest BCUT2D eigenvalue weighted by molar-refractivity contribution is 6.43. The maximum absolute atomic E-state index is 10.8. The molecule has 0 N–H and O–H groups in total. The van der Waals surface area contributed by atoms with E-state index in [4.69, 9.17) is 46.4 Å². The second-order valence-corrected chi connectivity index (χ2v) is 6.00. The molecule has 0 amide bonds. The van der Waals surface area contributed by atoms with Gasteiger partial charge >= 0.3 is 0 Å². The lowest BCUT2D eigenvalue weighted by Crippen LogP contribution is -2.22. The van der Waals surface area contributed by atoms with Crippen LogP contribution >= 0.6 is 46.4 Å². The molecule has 2 aromatic carbocycles. The van der Waals surface area contributed by atoms with Crippen molar-refractivity contribution in [3.05, 3.63) is 54.8 Å². The fourth-order valence-corrected chi connectivity index (χ4v) is 2.37. The first-order valence-corrected chi connectivity index (χ1v) is 7.57. The molecule has 0 saturated heterocycles. The summed E-state index contributed by atoms with van der Waals surface area (Å²) in [6, 6.07) is 5.75. The topological polar surface area (TPSA) is 106 Å². The Kier molecular flexibility index (Phi) is 4.55. The molecule has 8 nitrogen and oxygen atoms in total. The molecule has 124 valence electrons. The van der Waals surface area contributed by atoms with E-state index < -0.39 is 0 Å². The van der Waals surface area contributed by atoms with E-state index in [2.05, 4.69) is 19.6 Å². The number of rotatable bonds is 0. The summed E-state index contributed by atoms with van der Waals surface area (Å²) in [6.45, 7) is 0. The van der Waals surface area contributed by atoms with Crippen molar-refractivity contribution in [2.45, 2.75) is 0 Å². The van der Waals surface area contributed by atoms with Gasteiger partial charge in [-0.2, -0.15) is 0 Å². The average Bonchev–Trinajstić information content (AvgIpc) is 3.06. The molecule has 0 radical (unpaired) electrons. The Bertz CT molecular complexity index is 965. The van der Waals surface area contributed by atoms with Crippen LogP contribution in [0.15, 0.2) is 33.5 Å². The maximum Gasteiger partial charge on any atom is 0.250 e. The van der Waals surface area contributed by atoms with E-state index in [0.717, 1.165) is 0 Å². The smallest absolute Gasteiger partial charge is 0.250 e. The van der Waals surface area contributed by atoms with E-state index in [9.17, 15) is 10.4 Å². The monoisotopic (exact) mass is 408 g/mol. The SMILES string of the molecule is [O-][n+]1onc2cc(Cl)c(Cl)cc21.[O-][n+]1onc2cc(Cl)c(Cl)cc21. The van der Waals surface area contributed by atoms with Gasteiger partial charge in [-0.1, -0.05) is 46.4 Å². The van der Waals surface area contributed by atoms with Gasteiger partial charge in [0.1, 0.15) is 0 Å². The summed E-state index contributed by atoms with van der Waals surface area (Å²) in [7, 11) is 0. The van der Waals surface area contributed by atoms with Crippen molar-refractivity contribution >= 4 is 68.5 Å². The molecule has 0 saturated carbocycles. The normalized spacial score (nSPS) is 10.8. The average molecular weight is 410 g/mol. The molecule has 24 heavy (non-hydrogen) atoms. The summed E-state index contributed by atoms with van der Waals surface area (Å²) in [5, 5.41) is 29.9. The zero-order valence-electron chi connectivity index (χ0n) is 11.2. The van der Waals surface area contributed by atoms with Gasteiger partial charge in [-0.05, 0) is 9.81 Å². The molecule has 0 aliphatic carbocycles. The summed E-state index contributed by atoms with van der Waals surface area (Å²) in [6.07, 6.45) is 0. The van der Waals surface area contributed by atoms with Crippen LogP contribution in [0, 0.1) is 10.4 Å². The summed E-state index contributed by atoms with van der Waals surface area (Å²) < 4.78 is 8.64. The van der Waals surface area contributed by atoms with Crippen LogP contribution < -0.4 is 9.81 Å². The van der Waals surface area contributed by atoms with Gasteiger partial charge in [0, 0.05) is 34.6 Å². The summed E-state index contributed by atoms with van der Waals surface area (Å²) in [5.74, 6) is 0. The van der Waals surface area contributed by atoms with Crippen molar-refractivity contribution in [2.24, 2.45) is 0 Å². The zero-order chi connectivity index (χ0) is 17.4. The lowest BCUT2D eigenvalue weighted by atomic mass is 10.3. The Hall–Kier alpha value is -2.00. The maximum atomic E-state index is 10.8. The van der Waals surface area contributed by atoms with Gasteiger partial charge in [0.15, 0.2) is 0 Å². The molecule has 12 heteroatoms. The third-order valence-corrected chi connectivity index (χ3v) is 4.30. The standard InChI is InChI=1S/2C6H2Cl2N2O2/c2*7-3-1-5-6(2-4(3)8)10(11)12-9-5/h2*1-2H. The van der Waals surface area contributed by atoms with Crippen molar-refractivity contribution < 1.29 is 19.1 Å². The molecule has 4 aromatic rings. The van der Waals surface area contributed by atoms with Crippen LogP contribution in [0.5, 0.6) is 0 Å². The number of aromatic nitrogens is 4. The van der Waals surface area contributed by atoms with Gasteiger partial charge < -0.3 is 10.4 Å². The third-order valence-electron chi connectivity index (χ3n) is 2.86. The Labute approximate surface area is 152 Å². The molecule has 4 rings (SSSR count). The minimum Gasteiger partial charge on any atom is -0.359 e. The third kappa shape index (κ3) is 3.13. The number of benzene rings is 2. The minimum atomic E-state index is 0.268. The molecule has 0 aliphatic heterocycles. The molecular formula is C12H4Cl4N4O4. The number of hydrogen-bond donors (Lipinski definition) is 0. The molecule has 0 unspecified atom stereocenters. The number of fused-ring (bicyclic) bond motifs is 2. The molecule has 0 aliphatic rings. The van der Waals surface area contributed by atoms with Crippen LogP contribution in [0.2, 0.25) is 20.1 Å². The van der Waals surface area contributed by atoms with E-state index in [1.165, 1.54) is 24.3 Å². The van der Waals surface area contributed by atoms with Gasteiger partial charge in [-0.15, -0.1) is 0 Å². The highest BCUT2D eigenvalue weighted by Crippen LogP contribution is 2.25. The number of nitrogens with zero attached hydrogens (tertiary/aromatic N) is 4. The summed E-state index contributed by atoms with van der Waals surface area (Å²) in [4.78, 5) is 0.551. The fourth-order valence-electron chi connectivity index (χ4n) is 1.74. The Morgan fingerprint density at radius 1 is 0.667 bits per heavy atom.